The first-order valence-electron chi connectivity index (χ1n) is 6.11. The Labute approximate surface area is 120 Å². The van der Waals surface area contributed by atoms with E-state index in [1.807, 2.05) is 0 Å². The van der Waals surface area contributed by atoms with Crippen molar-refractivity contribution >= 4 is 8.53 Å². The number of nitrogens with two attached hydrogens (primary N) is 2. The van der Waals surface area contributed by atoms with Crippen LogP contribution in [0, 0.1) is 6.92 Å². The van der Waals surface area contributed by atoms with Gasteiger partial charge in [-0.2, -0.15) is 0 Å². The number of nitrogens with zero attached hydrogens (tertiary/aromatic N) is 1. The zero-order valence-electron chi connectivity index (χ0n) is 11.2. The van der Waals surface area contributed by atoms with E-state index in [4.69, 9.17) is 25.4 Å². The van der Waals surface area contributed by atoms with Gasteiger partial charge in [-0.15, -0.1) is 0 Å². The van der Waals surface area contributed by atoms with E-state index in [0.29, 0.717) is 5.56 Å². The first-order valence-corrected chi connectivity index (χ1v) is 7.39. The Kier molecular flexibility index (Phi) is 4.89. The topological polar surface area (TPSA) is 166 Å². The van der Waals surface area contributed by atoms with Gasteiger partial charge in [-0.3, -0.25) is 19.8 Å². The molecule has 0 bridgehead atoms. The van der Waals surface area contributed by atoms with Gasteiger partial charge >= 0.3 is 5.69 Å². The molecule has 5 atom stereocenters. The zero-order chi connectivity index (χ0) is 15.7. The van der Waals surface area contributed by atoms with Crippen molar-refractivity contribution < 1.29 is 19.3 Å². The molecule has 1 fully saturated rings. The van der Waals surface area contributed by atoms with Crippen LogP contribution in [0.5, 0.6) is 0 Å². The number of aliphatic hydroxyl groups excluding tert-OH is 1. The molecule has 0 saturated carbocycles. The van der Waals surface area contributed by atoms with E-state index < -0.39 is 44.4 Å². The van der Waals surface area contributed by atoms with E-state index in [1.165, 1.54) is 6.20 Å². The van der Waals surface area contributed by atoms with E-state index in [9.17, 15) is 14.7 Å². The molecule has 21 heavy (non-hydrogen) atoms. The number of aromatic amines is 1. The zero-order valence-corrected chi connectivity index (χ0v) is 12.1. The molecule has 118 valence electrons. The largest absolute Gasteiger partial charge is 0.390 e. The Hall–Kier alpha value is -1.13. The molecule has 1 aromatic heterocycles. The van der Waals surface area contributed by atoms with Crippen LogP contribution in [-0.2, 0) is 9.26 Å². The number of hydrogen-bond acceptors (Lipinski definition) is 8. The van der Waals surface area contributed by atoms with Gasteiger partial charge < -0.3 is 25.0 Å². The molecule has 0 amide bonds. The van der Waals surface area contributed by atoms with Gasteiger partial charge in [0, 0.05) is 18.2 Å². The minimum Gasteiger partial charge on any atom is -0.390 e. The number of aliphatic hydroxyl groups is 1. The summed E-state index contributed by atoms with van der Waals surface area (Å²) in [7, 11) is -2.19. The highest BCUT2D eigenvalue weighted by atomic mass is 31.2. The Bertz CT molecular complexity index is 616. The molecule has 1 aliphatic rings. The Morgan fingerprint density at radius 1 is 1.62 bits per heavy atom. The maximum absolute atomic E-state index is 11.8. The summed E-state index contributed by atoms with van der Waals surface area (Å²) in [6.07, 6.45) is -2.46. The van der Waals surface area contributed by atoms with Gasteiger partial charge in [-0.1, -0.05) is 0 Å². The summed E-state index contributed by atoms with van der Waals surface area (Å²) in [5.74, 6) is 0. The number of hydrogen-bond donors (Lipinski definition) is 5. The van der Waals surface area contributed by atoms with Gasteiger partial charge in [0.2, 0.25) is 0 Å². The van der Waals surface area contributed by atoms with Crippen LogP contribution >= 0.6 is 8.53 Å². The van der Waals surface area contributed by atoms with E-state index in [1.54, 1.807) is 6.92 Å². The molecule has 0 spiro atoms. The lowest BCUT2D eigenvalue weighted by atomic mass is 10.1. The quantitative estimate of drug-likeness (QED) is 0.313. The summed E-state index contributed by atoms with van der Waals surface area (Å²) in [6.45, 7) is 1.54. The lowest BCUT2D eigenvalue weighted by Crippen LogP contribution is -2.42. The van der Waals surface area contributed by atoms with E-state index in [-0.39, 0.29) is 6.42 Å². The highest BCUT2D eigenvalue weighted by molar-refractivity contribution is 7.43. The molecule has 1 aromatic rings. The lowest BCUT2D eigenvalue weighted by molar-refractivity contribution is -0.0725. The standard InChI is InChI=1S/C10H17N4O6P/c1-4-3-14(10(17)13-9(4)16)6-2-5(15)7(19-6)8(11)20-21(12)18/h3,5-8,15,18H,2,11-12H2,1H3,(H,13,16,17)/t5-,6+,7-,8?,21?/m0/s1. The maximum atomic E-state index is 11.8. The van der Waals surface area contributed by atoms with Crippen LogP contribution < -0.4 is 22.5 Å². The third-order valence-electron chi connectivity index (χ3n) is 3.15. The number of rotatable bonds is 4. The van der Waals surface area contributed by atoms with Crippen LogP contribution in [0.1, 0.15) is 18.2 Å². The Balaban J connectivity index is 2.19. The van der Waals surface area contributed by atoms with Gasteiger partial charge in [0.15, 0.2) is 0 Å². The summed E-state index contributed by atoms with van der Waals surface area (Å²) in [6, 6.07) is 0. The summed E-state index contributed by atoms with van der Waals surface area (Å²) < 4.78 is 11.5. The van der Waals surface area contributed by atoms with Gasteiger partial charge in [0.25, 0.3) is 14.1 Å². The molecule has 2 unspecified atom stereocenters. The third kappa shape index (κ3) is 3.55. The van der Waals surface area contributed by atoms with Gasteiger partial charge in [-0.25, -0.2) is 4.79 Å². The van der Waals surface area contributed by atoms with Crippen molar-refractivity contribution in [3.63, 3.8) is 0 Å². The smallest absolute Gasteiger partial charge is 0.330 e. The fraction of sp³-hybridized carbons (Fsp3) is 0.600. The minimum atomic E-state index is -2.19. The second kappa shape index (κ2) is 6.32. The molecule has 0 aliphatic carbocycles. The van der Waals surface area contributed by atoms with Crippen molar-refractivity contribution in [2.24, 2.45) is 11.2 Å². The monoisotopic (exact) mass is 320 g/mol. The second-order valence-corrected chi connectivity index (χ2v) is 5.53. The average molecular weight is 320 g/mol. The van der Waals surface area contributed by atoms with Crippen LogP contribution in [0.25, 0.3) is 0 Å². The fourth-order valence-corrected chi connectivity index (χ4v) is 2.50. The van der Waals surface area contributed by atoms with Crippen LogP contribution in [0.15, 0.2) is 15.8 Å². The molecule has 1 aliphatic heterocycles. The van der Waals surface area contributed by atoms with Gasteiger partial charge in [-0.05, 0) is 6.92 Å². The van der Waals surface area contributed by atoms with Crippen molar-refractivity contribution in [2.75, 3.05) is 0 Å². The predicted octanol–water partition coefficient (Wildman–Crippen LogP) is -2.03. The van der Waals surface area contributed by atoms with Gasteiger partial charge in [0.1, 0.15) is 18.6 Å². The van der Waals surface area contributed by atoms with Crippen molar-refractivity contribution in [2.45, 2.75) is 38.0 Å². The molecule has 0 aromatic carbocycles. The maximum Gasteiger partial charge on any atom is 0.330 e. The Morgan fingerprint density at radius 3 is 2.90 bits per heavy atom. The number of ether oxygens (including phenoxy) is 1. The molecule has 11 heteroatoms. The summed E-state index contributed by atoms with van der Waals surface area (Å²) in [4.78, 5) is 34.2. The number of H-pyrrole nitrogens is 1. The molecule has 0 radical (unpaired) electrons. The van der Waals surface area contributed by atoms with Crippen LogP contribution in [0.4, 0.5) is 0 Å². The number of aryl methyl sites for hydroxylation is 1. The minimum absolute atomic E-state index is 0.0844. The van der Waals surface area contributed by atoms with Crippen molar-refractivity contribution in [3.05, 3.63) is 32.6 Å². The van der Waals surface area contributed by atoms with Crippen LogP contribution in [-0.4, -0.2) is 38.0 Å². The number of nitrogens with one attached hydrogen (secondary N) is 1. The first-order chi connectivity index (χ1) is 9.79. The predicted molar refractivity (Wildman–Crippen MR) is 73.0 cm³/mol. The van der Waals surface area contributed by atoms with E-state index >= 15 is 0 Å². The molecule has 10 nitrogen and oxygen atoms in total. The van der Waals surface area contributed by atoms with Crippen molar-refractivity contribution in [3.8, 4) is 0 Å². The van der Waals surface area contributed by atoms with Crippen molar-refractivity contribution in [1.29, 1.82) is 0 Å². The highest BCUT2D eigenvalue weighted by Crippen LogP contribution is 2.32. The van der Waals surface area contributed by atoms with Gasteiger partial charge in [0.05, 0.1) is 6.10 Å². The third-order valence-corrected chi connectivity index (χ3v) is 3.61. The fourth-order valence-electron chi connectivity index (χ4n) is 2.13. The molecule has 2 heterocycles. The van der Waals surface area contributed by atoms with Crippen LogP contribution in [0.2, 0.25) is 0 Å². The lowest BCUT2D eigenvalue weighted by Gasteiger charge is -2.22. The van der Waals surface area contributed by atoms with E-state index in [2.05, 4.69) is 4.98 Å². The molecule has 2 rings (SSSR count). The SMILES string of the molecule is Cc1cn([C@H]2C[C@H](O)[C@@H](C(N)OP(N)O)O2)c(=O)[nH]c1=O. The number of aromatic nitrogens is 2. The highest BCUT2D eigenvalue weighted by Gasteiger charge is 2.40. The molecular formula is C10H17N4O6P. The summed E-state index contributed by atoms with van der Waals surface area (Å²) in [5, 5.41) is 9.93. The molecule has 1 saturated heterocycles. The van der Waals surface area contributed by atoms with E-state index in [0.717, 1.165) is 4.57 Å². The normalized spacial score (nSPS) is 28.5. The summed E-state index contributed by atoms with van der Waals surface area (Å²) >= 11 is 0. The van der Waals surface area contributed by atoms with Crippen LogP contribution in [0.3, 0.4) is 0 Å². The Morgan fingerprint density at radius 2 is 2.29 bits per heavy atom. The molecular weight excluding hydrogens is 303 g/mol. The summed E-state index contributed by atoms with van der Waals surface area (Å²) in [5.41, 5.74) is 9.92. The molecule has 7 N–H and O–H groups in total. The van der Waals surface area contributed by atoms with Crippen molar-refractivity contribution in [1.82, 2.24) is 9.55 Å². The first kappa shape index (κ1) is 16.2. The second-order valence-electron chi connectivity index (χ2n) is 4.71. The average Bonchev–Trinajstić information content (AvgIpc) is 2.75.